The first-order chi connectivity index (χ1) is 9.33. The van der Waals surface area contributed by atoms with E-state index in [9.17, 15) is 0 Å². The highest BCUT2D eigenvalue weighted by atomic mass is 16.5. The fourth-order valence-corrected chi connectivity index (χ4v) is 2.53. The van der Waals surface area contributed by atoms with Gasteiger partial charge < -0.3 is 15.8 Å². The number of rotatable bonds is 3. The third-order valence-electron chi connectivity index (χ3n) is 3.79. The molecule has 5 nitrogen and oxygen atoms in total. The van der Waals surface area contributed by atoms with Crippen LogP contribution in [0.2, 0.25) is 0 Å². The van der Waals surface area contributed by atoms with Gasteiger partial charge in [-0.2, -0.15) is 10.2 Å². The van der Waals surface area contributed by atoms with E-state index >= 15 is 0 Å². The van der Waals surface area contributed by atoms with Crippen LogP contribution in [0.15, 0.2) is 30.5 Å². The quantitative estimate of drug-likeness (QED) is 0.874. The summed E-state index contributed by atoms with van der Waals surface area (Å²) in [6.07, 6.45) is 3.61. The van der Waals surface area contributed by atoms with Crippen molar-refractivity contribution >= 4 is 16.6 Å². The molecular weight excluding hydrogens is 240 g/mol. The predicted molar refractivity (Wildman–Crippen MR) is 75.0 cm³/mol. The summed E-state index contributed by atoms with van der Waals surface area (Å²) in [5.41, 5.74) is 7.78. The van der Waals surface area contributed by atoms with E-state index in [2.05, 4.69) is 21.6 Å². The lowest BCUT2D eigenvalue weighted by atomic mass is 9.89. The van der Waals surface area contributed by atoms with E-state index in [0.717, 1.165) is 42.6 Å². The summed E-state index contributed by atoms with van der Waals surface area (Å²) in [4.78, 5) is 0. The van der Waals surface area contributed by atoms with Crippen molar-refractivity contribution < 1.29 is 4.74 Å². The average Bonchev–Trinajstić information content (AvgIpc) is 2.49. The Bertz CT molecular complexity index is 561. The maximum atomic E-state index is 5.98. The second-order valence-electron chi connectivity index (χ2n) is 5.00. The number of benzene rings is 1. The van der Waals surface area contributed by atoms with Crippen molar-refractivity contribution in [1.82, 2.24) is 10.2 Å². The highest BCUT2D eigenvalue weighted by molar-refractivity contribution is 5.90. The summed E-state index contributed by atoms with van der Waals surface area (Å²) in [5.74, 6) is 0. The molecule has 0 spiro atoms. The number of nitrogens with one attached hydrogen (secondary N) is 1. The summed E-state index contributed by atoms with van der Waals surface area (Å²) < 4.78 is 5.43. The number of aromatic nitrogens is 2. The van der Waals surface area contributed by atoms with Gasteiger partial charge in [-0.1, -0.05) is 18.2 Å². The van der Waals surface area contributed by atoms with Crippen LogP contribution in [0.1, 0.15) is 12.8 Å². The minimum atomic E-state index is -0.0932. The molecule has 2 heterocycles. The average molecular weight is 258 g/mol. The summed E-state index contributed by atoms with van der Waals surface area (Å²) in [7, 11) is 0. The minimum Gasteiger partial charge on any atom is -0.381 e. The first-order valence-corrected chi connectivity index (χ1v) is 6.59. The van der Waals surface area contributed by atoms with Gasteiger partial charge in [-0.25, -0.2) is 0 Å². The van der Waals surface area contributed by atoms with Gasteiger partial charge in [0.2, 0.25) is 0 Å². The fraction of sp³-hybridized carbons (Fsp3) is 0.429. The molecule has 100 valence electrons. The van der Waals surface area contributed by atoms with E-state index in [1.165, 1.54) is 0 Å². The zero-order chi connectivity index (χ0) is 13.1. The van der Waals surface area contributed by atoms with Crippen LogP contribution in [0.4, 0.5) is 5.69 Å². The Morgan fingerprint density at radius 3 is 2.84 bits per heavy atom. The van der Waals surface area contributed by atoms with Crippen molar-refractivity contribution in [2.75, 3.05) is 25.1 Å². The molecule has 1 aliphatic heterocycles. The summed E-state index contributed by atoms with van der Waals surface area (Å²) in [5, 5.41) is 12.9. The lowest BCUT2D eigenvalue weighted by molar-refractivity contribution is 0.0628. The molecule has 5 heteroatoms. The van der Waals surface area contributed by atoms with Crippen molar-refractivity contribution in [2.24, 2.45) is 5.73 Å². The number of fused-ring (bicyclic) bond motifs is 1. The molecule has 0 bridgehead atoms. The van der Waals surface area contributed by atoms with E-state index in [0.29, 0.717) is 6.54 Å². The lowest BCUT2D eigenvalue weighted by Gasteiger charge is -2.38. The number of anilines is 1. The van der Waals surface area contributed by atoms with Gasteiger partial charge in [-0.3, -0.25) is 0 Å². The van der Waals surface area contributed by atoms with E-state index in [1.807, 2.05) is 18.2 Å². The Labute approximate surface area is 112 Å². The van der Waals surface area contributed by atoms with Gasteiger partial charge in [0, 0.05) is 25.1 Å². The predicted octanol–water partition coefficient (Wildman–Crippen LogP) is 1.55. The van der Waals surface area contributed by atoms with Crippen molar-refractivity contribution in [3.63, 3.8) is 0 Å². The molecule has 0 unspecified atom stereocenters. The first-order valence-electron chi connectivity index (χ1n) is 6.59. The molecular formula is C14H18N4O. The van der Waals surface area contributed by atoms with E-state index < -0.39 is 0 Å². The second-order valence-corrected chi connectivity index (χ2v) is 5.00. The standard InChI is InChI=1S/C14H18N4O/c15-10-14(5-7-19-8-6-14)17-13-9-16-18-12-4-2-1-3-11(12)13/h1-4,9H,5-8,10,15H2,(H,17,18). The lowest BCUT2D eigenvalue weighted by Crippen LogP contribution is -2.49. The van der Waals surface area contributed by atoms with Crippen molar-refractivity contribution in [1.29, 1.82) is 0 Å². The van der Waals surface area contributed by atoms with Gasteiger partial charge in [0.05, 0.1) is 22.9 Å². The zero-order valence-corrected chi connectivity index (χ0v) is 10.8. The molecule has 0 saturated carbocycles. The van der Waals surface area contributed by atoms with Gasteiger partial charge in [0.15, 0.2) is 0 Å². The monoisotopic (exact) mass is 258 g/mol. The number of hydrogen-bond acceptors (Lipinski definition) is 5. The normalized spacial score (nSPS) is 18.4. The number of nitrogens with two attached hydrogens (primary N) is 1. The molecule has 0 amide bonds. The highest BCUT2D eigenvalue weighted by Crippen LogP contribution is 2.28. The van der Waals surface area contributed by atoms with Gasteiger partial charge in [-0.15, -0.1) is 0 Å². The van der Waals surface area contributed by atoms with Crippen LogP contribution < -0.4 is 11.1 Å². The fourth-order valence-electron chi connectivity index (χ4n) is 2.53. The highest BCUT2D eigenvalue weighted by Gasteiger charge is 2.31. The third-order valence-corrected chi connectivity index (χ3v) is 3.79. The van der Waals surface area contributed by atoms with Crippen LogP contribution in [-0.2, 0) is 4.74 Å². The molecule has 0 aliphatic carbocycles. The molecule has 2 aromatic rings. The van der Waals surface area contributed by atoms with Crippen molar-refractivity contribution in [3.05, 3.63) is 30.5 Å². The first kappa shape index (κ1) is 12.3. The van der Waals surface area contributed by atoms with E-state index in [4.69, 9.17) is 10.5 Å². The Balaban J connectivity index is 1.96. The number of ether oxygens (including phenoxy) is 1. The maximum absolute atomic E-state index is 5.98. The molecule has 19 heavy (non-hydrogen) atoms. The van der Waals surface area contributed by atoms with Crippen LogP contribution >= 0.6 is 0 Å². The Morgan fingerprint density at radius 1 is 1.26 bits per heavy atom. The molecule has 1 fully saturated rings. The maximum Gasteiger partial charge on any atom is 0.0950 e. The van der Waals surface area contributed by atoms with Gasteiger partial charge in [-0.05, 0) is 18.9 Å². The molecule has 3 N–H and O–H groups in total. The summed E-state index contributed by atoms with van der Waals surface area (Å²) >= 11 is 0. The Hall–Kier alpha value is -1.72. The molecule has 0 radical (unpaired) electrons. The SMILES string of the molecule is NCC1(Nc2cnnc3ccccc23)CCOCC1. The van der Waals surface area contributed by atoms with Gasteiger partial charge >= 0.3 is 0 Å². The third kappa shape index (κ3) is 2.39. The van der Waals surface area contributed by atoms with E-state index in [1.54, 1.807) is 6.20 Å². The minimum absolute atomic E-state index is 0.0932. The Kier molecular flexibility index (Phi) is 3.31. The van der Waals surface area contributed by atoms with E-state index in [-0.39, 0.29) is 5.54 Å². The van der Waals surface area contributed by atoms with Gasteiger partial charge in [0.25, 0.3) is 0 Å². The van der Waals surface area contributed by atoms with Crippen molar-refractivity contribution in [2.45, 2.75) is 18.4 Å². The van der Waals surface area contributed by atoms with Crippen molar-refractivity contribution in [3.8, 4) is 0 Å². The molecule has 0 atom stereocenters. The molecule has 1 aliphatic rings. The second kappa shape index (κ2) is 5.11. The molecule has 1 aromatic heterocycles. The summed E-state index contributed by atoms with van der Waals surface area (Å²) in [6.45, 7) is 2.09. The smallest absolute Gasteiger partial charge is 0.0950 e. The van der Waals surface area contributed by atoms with Crippen LogP contribution in [0.5, 0.6) is 0 Å². The van der Waals surface area contributed by atoms with Gasteiger partial charge in [0.1, 0.15) is 0 Å². The molecule has 1 aromatic carbocycles. The van der Waals surface area contributed by atoms with Crippen LogP contribution in [0.3, 0.4) is 0 Å². The summed E-state index contributed by atoms with van der Waals surface area (Å²) in [6, 6.07) is 7.99. The largest absolute Gasteiger partial charge is 0.381 e. The van der Waals surface area contributed by atoms with Crippen LogP contribution in [-0.4, -0.2) is 35.5 Å². The van der Waals surface area contributed by atoms with Crippen LogP contribution in [0.25, 0.3) is 10.9 Å². The Morgan fingerprint density at radius 2 is 2.05 bits per heavy atom. The number of nitrogens with zero attached hydrogens (tertiary/aromatic N) is 2. The van der Waals surface area contributed by atoms with Crippen LogP contribution in [0, 0.1) is 0 Å². The molecule has 3 rings (SSSR count). The zero-order valence-electron chi connectivity index (χ0n) is 10.8. The number of hydrogen-bond donors (Lipinski definition) is 2. The topological polar surface area (TPSA) is 73.1 Å². The molecule has 1 saturated heterocycles.